The van der Waals surface area contributed by atoms with Crippen LogP contribution < -0.4 is 19.7 Å². The summed E-state index contributed by atoms with van der Waals surface area (Å²) in [6.45, 7) is 6.03. The molecule has 0 aliphatic carbocycles. The van der Waals surface area contributed by atoms with Crippen LogP contribution in [0.4, 0.5) is 21.6 Å². The van der Waals surface area contributed by atoms with Crippen molar-refractivity contribution in [3.8, 4) is 11.5 Å². The van der Waals surface area contributed by atoms with E-state index in [9.17, 15) is 9.18 Å². The second-order valence-corrected chi connectivity index (χ2v) is 11.4. The van der Waals surface area contributed by atoms with E-state index in [1.54, 1.807) is 35.2 Å². The third-order valence-electron chi connectivity index (χ3n) is 7.75. The molecule has 0 bridgehead atoms. The van der Waals surface area contributed by atoms with Crippen LogP contribution in [0.3, 0.4) is 0 Å². The highest BCUT2D eigenvalue weighted by Gasteiger charge is 2.23. The summed E-state index contributed by atoms with van der Waals surface area (Å²) in [4.78, 5) is 28.8. The monoisotopic (exact) mass is 616 g/mol. The van der Waals surface area contributed by atoms with Gasteiger partial charge < -0.3 is 24.6 Å². The molecule has 0 saturated carbocycles. The molecule has 0 radical (unpaired) electrons. The average Bonchev–Trinajstić information content (AvgIpc) is 3.23. The Hall–Kier alpha value is -4.25. The first-order chi connectivity index (χ1) is 21.4. The SMILES string of the molecule is CN1CCN(C/C=C/C(=O)N2CCCOc3cc4ncnc(Nc5ccc(OCc6cccc(F)c6)c(Cl)c5)c4cc32)CC1. The Balaban J connectivity index is 1.20. The number of hydrogen-bond acceptors (Lipinski definition) is 8. The van der Waals surface area contributed by atoms with Crippen molar-refractivity contribution in [2.75, 3.05) is 63.1 Å². The van der Waals surface area contributed by atoms with E-state index in [0.29, 0.717) is 64.4 Å². The zero-order valence-corrected chi connectivity index (χ0v) is 25.3. The number of amides is 1. The minimum atomic E-state index is -0.317. The van der Waals surface area contributed by atoms with Crippen molar-refractivity contribution in [3.63, 3.8) is 0 Å². The fourth-order valence-electron chi connectivity index (χ4n) is 5.30. The Bertz CT molecular complexity index is 1680. The number of hydrogen-bond donors (Lipinski definition) is 1. The molecule has 1 N–H and O–H groups in total. The molecule has 1 amide bonds. The molecule has 2 aliphatic rings. The quantitative estimate of drug-likeness (QED) is 0.254. The Kier molecular flexibility index (Phi) is 9.20. The van der Waals surface area contributed by atoms with Crippen molar-refractivity contribution in [1.82, 2.24) is 19.8 Å². The number of likely N-dealkylation sites (N-methyl/N-ethyl adjacent to an activating group) is 1. The summed E-state index contributed by atoms with van der Waals surface area (Å²) in [7, 11) is 2.13. The summed E-state index contributed by atoms with van der Waals surface area (Å²) in [6, 6.07) is 15.3. The van der Waals surface area contributed by atoms with Crippen molar-refractivity contribution in [1.29, 1.82) is 0 Å². The van der Waals surface area contributed by atoms with Crippen LogP contribution in [0.5, 0.6) is 11.5 Å². The largest absolute Gasteiger partial charge is 0.491 e. The summed E-state index contributed by atoms with van der Waals surface area (Å²) in [6.07, 6.45) is 5.81. The summed E-state index contributed by atoms with van der Waals surface area (Å²) >= 11 is 6.53. The predicted octanol–water partition coefficient (Wildman–Crippen LogP) is 5.66. The van der Waals surface area contributed by atoms with Crippen molar-refractivity contribution >= 4 is 45.6 Å². The maximum atomic E-state index is 13.5. The van der Waals surface area contributed by atoms with E-state index in [1.165, 1.54) is 18.5 Å². The third-order valence-corrected chi connectivity index (χ3v) is 8.05. The lowest BCUT2D eigenvalue weighted by atomic mass is 10.1. The van der Waals surface area contributed by atoms with Crippen molar-refractivity contribution in [3.05, 3.63) is 89.5 Å². The van der Waals surface area contributed by atoms with Crippen LogP contribution in [0.2, 0.25) is 5.02 Å². The second kappa shape index (κ2) is 13.6. The Morgan fingerprint density at radius 1 is 1.09 bits per heavy atom. The molecule has 3 heterocycles. The Labute approximate surface area is 260 Å². The second-order valence-electron chi connectivity index (χ2n) is 10.9. The van der Waals surface area contributed by atoms with Gasteiger partial charge in [0.25, 0.3) is 5.91 Å². The molecular formula is C33H34ClFN6O3. The Morgan fingerprint density at radius 3 is 2.77 bits per heavy atom. The molecule has 0 atom stereocenters. The van der Waals surface area contributed by atoms with E-state index in [0.717, 1.165) is 38.1 Å². The third kappa shape index (κ3) is 7.10. The minimum Gasteiger partial charge on any atom is -0.491 e. The van der Waals surface area contributed by atoms with Gasteiger partial charge in [-0.25, -0.2) is 14.4 Å². The molecule has 1 fully saturated rings. The van der Waals surface area contributed by atoms with E-state index in [1.807, 2.05) is 24.3 Å². The molecule has 11 heteroatoms. The maximum Gasteiger partial charge on any atom is 0.250 e. The van der Waals surface area contributed by atoms with Crippen LogP contribution in [-0.4, -0.2) is 78.6 Å². The normalized spacial score (nSPS) is 16.0. The number of piperazine rings is 1. The summed E-state index contributed by atoms with van der Waals surface area (Å²) in [5.41, 5.74) is 2.76. The molecular weight excluding hydrogens is 583 g/mol. The zero-order valence-electron chi connectivity index (χ0n) is 24.5. The molecule has 6 rings (SSSR count). The van der Waals surface area contributed by atoms with E-state index >= 15 is 0 Å². The van der Waals surface area contributed by atoms with Crippen LogP contribution in [0.25, 0.3) is 10.9 Å². The van der Waals surface area contributed by atoms with Gasteiger partial charge in [-0.15, -0.1) is 0 Å². The lowest BCUT2D eigenvalue weighted by molar-refractivity contribution is -0.114. The van der Waals surface area contributed by atoms with Crippen LogP contribution in [0.15, 0.2) is 73.1 Å². The molecule has 0 spiro atoms. The molecule has 228 valence electrons. The molecule has 0 unspecified atom stereocenters. The summed E-state index contributed by atoms with van der Waals surface area (Å²) < 4.78 is 25.4. The number of nitrogens with one attached hydrogen (secondary N) is 1. The molecule has 4 aromatic rings. The fourth-order valence-corrected chi connectivity index (χ4v) is 5.53. The van der Waals surface area contributed by atoms with Gasteiger partial charge >= 0.3 is 0 Å². The fraction of sp³-hybridized carbons (Fsp3) is 0.303. The van der Waals surface area contributed by atoms with Crippen LogP contribution in [-0.2, 0) is 11.4 Å². The maximum absolute atomic E-state index is 13.5. The van der Waals surface area contributed by atoms with E-state index < -0.39 is 0 Å². The summed E-state index contributed by atoms with van der Waals surface area (Å²) in [5, 5.41) is 4.46. The molecule has 44 heavy (non-hydrogen) atoms. The first-order valence-electron chi connectivity index (χ1n) is 14.7. The van der Waals surface area contributed by atoms with Gasteiger partial charge in [-0.1, -0.05) is 29.8 Å². The number of aromatic nitrogens is 2. The molecule has 3 aromatic carbocycles. The molecule has 1 saturated heterocycles. The van der Waals surface area contributed by atoms with Gasteiger partial charge in [0.2, 0.25) is 0 Å². The highest BCUT2D eigenvalue weighted by Crippen LogP contribution is 2.38. The number of anilines is 3. The smallest absolute Gasteiger partial charge is 0.250 e. The van der Waals surface area contributed by atoms with Crippen molar-refractivity contribution in [2.45, 2.75) is 13.0 Å². The lowest BCUT2D eigenvalue weighted by Crippen LogP contribution is -2.44. The van der Waals surface area contributed by atoms with Crippen molar-refractivity contribution < 1.29 is 18.7 Å². The number of rotatable bonds is 8. The highest BCUT2D eigenvalue weighted by atomic mass is 35.5. The Morgan fingerprint density at radius 2 is 1.95 bits per heavy atom. The number of carbonyl (C=O) groups excluding carboxylic acids is 1. The topological polar surface area (TPSA) is 83.1 Å². The number of ether oxygens (including phenoxy) is 2. The van der Waals surface area contributed by atoms with Gasteiger partial charge in [0.1, 0.15) is 36.1 Å². The van der Waals surface area contributed by atoms with Crippen molar-refractivity contribution in [2.24, 2.45) is 0 Å². The van der Waals surface area contributed by atoms with Gasteiger partial charge in [0.15, 0.2) is 0 Å². The highest BCUT2D eigenvalue weighted by molar-refractivity contribution is 6.32. The number of carbonyl (C=O) groups is 1. The molecule has 9 nitrogen and oxygen atoms in total. The van der Waals surface area contributed by atoms with E-state index in [-0.39, 0.29) is 18.3 Å². The van der Waals surface area contributed by atoms with Crippen LogP contribution in [0.1, 0.15) is 12.0 Å². The first-order valence-corrected chi connectivity index (χ1v) is 15.0. The van der Waals surface area contributed by atoms with Gasteiger partial charge in [0.05, 0.1) is 22.8 Å². The minimum absolute atomic E-state index is 0.0859. The zero-order chi connectivity index (χ0) is 30.5. The van der Waals surface area contributed by atoms with E-state index in [2.05, 4.69) is 32.1 Å². The number of benzene rings is 3. The molecule has 1 aromatic heterocycles. The van der Waals surface area contributed by atoms with Crippen LogP contribution in [0, 0.1) is 5.82 Å². The number of fused-ring (bicyclic) bond motifs is 2. The van der Waals surface area contributed by atoms with Gasteiger partial charge in [-0.2, -0.15) is 0 Å². The molecule has 2 aliphatic heterocycles. The summed E-state index contributed by atoms with van der Waals surface area (Å²) in [5.74, 6) is 1.25. The number of halogens is 2. The van der Waals surface area contributed by atoms with Gasteiger partial charge in [-0.3, -0.25) is 9.69 Å². The predicted molar refractivity (Wildman–Crippen MR) is 171 cm³/mol. The number of nitrogens with zero attached hydrogens (tertiary/aromatic N) is 5. The lowest BCUT2D eigenvalue weighted by Gasteiger charge is -2.31. The van der Waals surface area contributed by atoms with Gasteiger partial charge in [-0.05, 0) is 55.4 Å². The first kappa shape index (κ1) is 29.8. The standard InChI is InChI=1S/C33H34ClFN6O3/c1-39-12-14-40(15-13-39)10-3-7-32(42)41-11-4-16-43-31-20-28-26(19-29(31)41)33(37-22-36-28)38-25-8-9-30(27(34)18-25)44-21-23-5-2-6-24(35)17-23/h2-3,5-9,17-20,22H,4,10-16,21H2,1H3,(H,36,37,38)/b7-3+. The van der Waals surface area contributed by atoms with E-state index in [4.69, 9.17) is 21.1 Å². The van der Waals surface area contributed by atoms with Crippen LogP contribution >= 0.6 is 11.6 Å². The average molecular weight is 617 g/mol. The van der Waals surface area contributed by atoms with Gasteiger partial charge in [0, 0.05) is 62.5 Å².